The summed E-state index contributed by atoms with van der Waals surface area (Å²) in [6.07, 6.45) is 5.85. The molecule has 0 amide bonds. The Labute approximate surface area is 135 Å². The Balaban J connectivity index is 1.92. The minimum Gasteiger partial charge on any atom is -0.299 e. The molecule has 0 bridgehead atoms. The van der Waals surface area contributed by atoms with E-state index in [1.807, 2.05) is 0 Å². The molecule has 2 rings (SSSR count). The van der Waals surface area contributed by atoms with Gasteiger partial charge < -0.3 is 0 Å². The molecule has 1 aromatic carbocycles. The minimum atomic E-state index is -0.869. The lowest BCUT2D eigenvalue weighted by atomic mass is 9.71. The molecule has 22 heavy (non-hydrogen) atoms. The van der Waals surface area contributed by atoms with Gasteiger partial charge in [0.15, 0.2) is 5.78 Å². The maximum atomic E-state index is 12.0. The van der Waals surface area contributed by atoms with Crippen LogP contribution in [-0.4, -0.2) is 17.3 Å². The largest absolute Gasteiger partial charge is 0.299 e. The van der Waals surface area contributed by atoms with Crippen LogP contribution in [0.25, 0.3) is 0 Å². The van der Waals surface area contributed by atoms with E-state index in [1.165, 1.54) is 6.08 Å². The first-order valence-electron chi connectivity index (χ1n) is 7.46. The number of Topliss-reactive ketones (excluding diaryl/α,β-unsaturated/α-hetero) is 2. The lowest BCUT2D eigenvalue weighted by Crippen LogP contribution is -2.39. The summed E-state index contributed by atoms with van der Waals surface area (Å²) in [6.45, 7) is 1.73. The van der Waals surface area contributed by atoms with Crippen LogP contribution in [0.2, 0.25) is 5.02 Å². The third kappa shape index (κ3) is 3.72. The van der Waals surface area contributed by atoms with Gasteiger partial charge in [-0.15, -0.1) is 0 Å². The van der Waals surface area contributed by atoms with Crippen molar-refractivity contribution >= 4 is 29.0 Å². The van der Waals surface area contributed by atoms with E-state index in [-0.39, 0.29) is 17.3 Å². The molecule has 0 aliphatic heterocycles. The molecule has 0 unspecified atom stereocenters. The van der Waals surface area contributed by atoms with Gasteiger partial charge in [-0.05, 0) is 56.5 Å². The van der Waals surface area contributed by atoms with Gasteiger partial charge in [0, 0.05) is 23.4 Å². The number of rotatable bonds is 5. The maximum absolute atomic E-state index is 12.0. The highest BCUT2D eigenvalue weighted by molar-refractivity contribution is 6.30. The van der Waals surface area contributed by atoms with E-state index in [9.17, 15) is 14.4 Å². The summed E-state index contributed by atoms with van der Waals surface area (Å²) in [6, 6.07) is 6.68. The van der Waals surface area contributed by atoms with Crippen LogP contribution in [0.1, 0.15) is 49.4 Å². The Hall–Kier alpha value is -1.74. The third-order valence-electron chi connectivity index (χ3n) is 4.25. The molecule has 0 N–H and O–H groups in total. The smallest absolute Gasteiger partial charge is 0.185 e. The second-order valence-electron chi connectivity index (χ2n) is 5.84. The standard InChI is InChI=1S/C18H19ClO3/c1-18(16(21)6-4-7-17(18)22)12-3-2-5-15(20)13-8-10-14(19)11-9-13/h2,5,8-11H,3-4,6-7,12H2,1H3/b5-2+. The number of hydrogen-bond donors (Lipinski definition) is 0. The molecule has 0 spiro atoms. The van der Waals surface area contributed by atoms with Crippen molar-refractivity contribution in [3.05, 3.63) is 47.0 Å². The minimum absolute atomic E-state index is 0.0289. The van der Waals surface area contributed by atoms with Gasteiger partial charge in [0.2, 0.25) is 0 Å². The summed E-state index contributed by atoms with van der Waals surface area (Å²) >= 11 is 5.78. The van der Waals surface area contributed by atoms with Crippen LogP contribution < -0.4 is 0 Å². The van der Waals surface area contributed by atoms with Crippen molar-refractivity contribution in [2.24, 2.45) is 5.41 Å². The molecule has 0 heterocycles. The van der Waals surface area contributed by atoms with E-state index in [0.717, 1.165) is 0 Å². The first kappa shape index (κ1) is 16.6. The van der Waals surface area contributed by atoms with E-state index in [4.69, 9.17) is 11.6 Å². The third-order valence-corrected chi connectivity index (χ3v) is 4.50. The Morgan fingerprint density at radius 3 is 2.36 bits per heavy atom. The van der Waals surface area contributed by atoms with Gasteiger partial charge in [-0.25, -0.2) is 0 Å². The Morgan fingerprint density at radius 2 is 1.77 bits per heavy atom. The van der Waals surface area contributed by atoms with Crippen LogP contribution in [0.4, 0.5) is 0 Å². The highest BCUT2D eigenvalue weighted by Gasteiger charge is 2.41. The quantitative estimate of drug-likeness (QED) is 0.465. The fourth-order valence-electron chi connectivity index (χ4n) is 2.67. The van der Waals surface area contributed by atoms with Crippen molar-refractivity contribution in [1.82, 2.24) is 0 Å². The van der Waals surface area contributed by atoms with Crippen molar-refractivity contribution in [2.75, 3.05) is 0 Å². The second-order valence-corrected chi connectivity index (χ2v) is 6.28. The number of carbonyl (C=O) groups excluding carboxylic acids is 3. The first-order valence-corrected chi connectivity index (χ1v) is 7.84. The molecule has 0 radical (unpaired) electrons. The number of ketones is 3. The van der Waals surface area contributed by atoms with Gasteiger partial charge in [-0.2, -0.15) is 0 Å². The van der Waals surface area contributed by atoms with E-state index < -0.39 is 5.41 Å². The molecular formula is C18H19ClO3. The number of benzene rings is 1. The highest BCUT2D eigenvalue weighted by Crippen LogP contribution is 2.34. The van der Waals surface area contributed by atoms with Gasteiger partial charge in [0.1, 0.15) is 11.6 Å². The normalized spacial score (nSPS) is 17.9. The van der Waals surface area contributed by atoms with Gasteiger partial charge in [0.05, 0.1) is 5.41 Å². The van der Waals surface area contributed by atoms with E-state index in [1.54, 1.807) is 37.3 Å². The fraction of sp³-hybridized carbons (Fsp3) is 0.389. The lowest BCUT2D eigenvalue weighted by Gasteiger charge is -2.29. The predicted octanol–water partition coefficient (Wildman–Crippen LogP) is 4.19. The topological polar surface area (TPSA) is 51.2 Å². The summed E-state index contributed by atoms with van der Waals surface area (Å²) in [5.41, 5.74) is -0.303. The van der Waals surface area contributed by atoms with Crippen LogP contribution in [-0.2, 0) is 9.59 Å². The summed E-state index contributed by atoms with van der Waals surface area (Å²) in [7, 11) is 0. The Morgan fingerprint density at radius 1 is 1.18 bits per heavy atom. The molecule has 0 atom stereocenters. The van der Waals surface area contributed by atoms with E-state index in [0.29, 0.717) is 42.7 Å². The molecule has 0 saturated heterocycles. The highest BCUT2D eigenvalue weighted by atomic mass is 35.5. The van der Waals surface area contributed by atoms with Crippen LogP contribution in [0.15, 0.2) is 36.4 Å². The van der Waals surface area contributed by atoms with Crippen molar-refractivity contribution in [3.8, 4) is 0 Å². The monoisotopic (exact) mass is 318 g/mol. The average molecular weight is 319 g/mol. The van der Waals surface area contributed by atoms with Gasteiger partial charge in [-0.1, -0.05) is 17.7 Å². The SMILES string of the molecule is CC1(CC/C=C/C(=O)c2ccc(Cl)cc2)C(=O)CCCC1=O. The van der Waals surface area contributed by atoms with Crippen LogP contribution in [0, 0.1) is 5.41 Å². The molecule has 1 aliphatic carbocycles. The van der Waals surface area contributed by atoms with Crippen LogP contribution in [0.3, 0.4) is 0 Å². The zero-order valence-corrected chi connectivity index (χ0v) is 13.4. The van der Waals surface area contributed by atoms with Crippen molar-refractivity contribution in [2.45, 2.75) is 39.0 Å². The van der Waals surface area contributed by atoms with Crippen LogP contribution >= 0.6 is 11.6 Å². The molecule has 4 heteroatoms. The molecule has 1 aromatic rings. The molecule has 1 saturated carbocycles. The molecular weight excluding hydrogens is 300 g/mol. The molecule has 1 fully saturated rings. The zero-order chi connectivity index (χ0) is 16.2. The van der Waals surface area contributed by atoms with Gasteiger partial charge >= 0.3 is 0 Å². The molecule has 1 aliphatic rings. The Bertz CT molecular complexity index is 598. The van der Waals surface area contributed by atoms with Crippen LogP contribution in [0.5, 0.6) is 0 Å². The summed E-state index contributed by atoms with van der Waals surface area (Å²) in [4.78, 5) is 35.9. The second kappa shape index (κ2) is 7.01. The van der Waals surface area contributed by atoms with E-state index in [2.05, 4.69) is 0 Å². The predicted molar refractivity (Wildman–Crippen MR) is 86.1 cm³/mol. The Kier molecular flexibility index (Phi) is 5.30. The molecule has 3 nitrogen and oxygen atoms in total. The van der Waals surface area contributed by atoms with Crippen molar-refractivity contribution < 1.29 is 14.4 Å². The van der Waals surface area contributed by atoms with Gasteiger partial charge in [0.25, 0.3) is 0 Å². The number of allylic oxidation sites excluding steroid dienone is 2. The average Bonchev–Trinajstić information content (AvgIpc) is 2.50. The molecule has 116 valence electrons. The number of carbonyl (C=O) groups is 3. The zero-order valence-electron chi connectivity index (χ0n) is 12.6. The van der Waals surface area contributed by atoms with Crippen molar-refractivity contribution in [3.63, 3.8) is 0 Å². The first-order chi connectivity index (χ1) is 10.4. The van der Waals surface area contributed by atoms with E-state index >= 15 is 0 Å². The summed E-state index contributed by atoms with van der Waals surface area (Å²) in [5.74, 6) is -0.0505. The number of hydrogen-bond acceptors (Lipinski definition) is 3. The maximum Gasteiger partial charge on any atom is 0.185 e. The molecule has 0 aromatic heterocycles. The number of halogens is 1. The summed E-state index contributed by atoms with van der Waals surface area (Å²) in [5, 5.41) is 0.586. The fourth-order valence-corrected chi connectivity index (χ4v) is 2.79. The van der Waals surface area contributed by atoms with Crippen molar-refractivity contribution in [1.29, 1.82) is 0 Å². The van der Waals surface area contributed by atoms with Gasteiger partial charge in [-0.3, -0.25) is 14.4 Å². The lowest BCUT2D eigenvalue weighted by molar-refractivity contribution is -0.143. The summed E-state index contributed by atoms with van der Waals surface area (Å²) < 4.78 is 0.